The van der Waals surface area contributed by atoms with E-state index < -0.39 is 6.04 Å². The average molecular weight is 191 g/mol. The summed E-state index contributed by atoms with van der Waals surface area (Å²) in [5, 5.41) is 8.49. The van der Waals surface area contributed by atoms with Gasteiger partial charge in [0.2, 0.25) is 0 Å². The van der Waals surface area contributed by atoms with Gasteiger partial charge in [0, 0.05) is 29.1 Å². The zero-order valence-corrected chi connectivity index (χ0v) is 8.29. The van der Waals surface area contributed by atoms with Crippen molar-refractivity contribution in [1.29, 1.82) is 5.26 Å². The van der Waals surface area contributed by atoms with Crippen molar-refractivity contribution in [2.24, 2.45) is 5.73 Å². The fourth-order valence-electron chi connectivity index (χ4n) is 1.52. The van der Waals surface area contributed by atoms with Gasteiger partial charge in [-0.1, -0.05) is 0 Å². The van der Waals surface area contributed by atoms with E-state index in [1.54, 1.807) is 6.92 Å². The Bertz CT molecular complexity index is 428. The summed E-state index contributed by atoms with van der Waals surface area (Å²) in [4.78, 5) is 14.6. The lowest BCUT2D eigenvalue weighted by Gasteiger charge is -2.10. The van der Waals surface area contributed by atoms with Crippen LogP contribution < -0.4 is 11.2 Å². The molecule has 4 nitrogen and oxygen atoms in total. The SMILES string of the molecule is Cc1cc(=O)c([C@@H](N)CC#N)c(C)[nH]1. The van der Waals surface area contributed by atoms with Gasteiger partial charge in [-0.3, -0.25) is 4.79 Å². The van der Waals surface area contributed by atoms with E-state index in [4.69, 9.17) is 11.0 Å². The highest BCUT2D eigenvalue weighted by molar-refractivity contribution is 5.25. The average Bonchev–Trinajstić information content (AvgIpc) is 2.01. The third-order valence-corrected chi connectivity index (χ3v) is 2.08. The lowest BCUT2D eigenvalue weighted by atomic mass is 10.0. The van der Waals surface area contributed by atoms with Crippen molar-refractivity contribution in [2.75, 3.05) is 0 Å². The van der Waals surface area contributed by atoms with Crippen molar-refractivity contribution in [1.82, 2.24) is 4.98 Å². The number of rotatable bonds is 2. The van der Waals surface area contributed by atoms with Gasteiger partial charge in [-0.15, -0.1) is 0 Å². The number of nitrogens with zero attached hydrogens (tertiary/aromatic N) is 1. The summed E-state index contributed by atoms with van der Waals surface area (Å²) >= 11 is 0. The molecule has 3 N–H and O–H groups in total. The molecule has 0 spiro atoms. The first-order valence-electron chi connectivity index (χ1n) is 4.39. The number of aryl methyl sites for hydroxylation is 2. The normalized spacial score (nSPS) is 12.1. The number of hydrogen-bond donors (Lipinski definition) is 2. The van der Waals surface area contributed by atoms with Crippen LogP contribution in [0, 0.1) is 25.2 Å². The molecule has 0 unspecified atom stereocenters. The Hall–Kier alpha value is -1.60. The lowest BCUT2D eigenvalue weighted by Crippen LogP contribution is -2.22. The second-order valence-corrected chi connectivity index (χ2v) is 3.32. The van der Waals surface area contributed by atoms with Crippen molar-refractivity contribution in [3.8, 4) is 6.07 Å². The highest BCUT2D eigenvalue weighted by atomic mass is 16.1. The third kappa shape index (κ3) is 2.01. The topological polar surface area (TPSA) is 82.7 Å². The maximum absolute atomic E-state index is 11.6. The Balaban J connectivity index is 3.22. The monoisotopic (exact) mass is 191 g/mol. The van der Waals surface area contributed by atoms with Gasteiger partial charge in [-0.2, -0.15) is 5.26 Å². The standard InChI is InChI=1S/C10H13N3O/c1-6-5-9(14)10(7(2)13-6)8(12)3-4-11/h5,8H,3,12H2,1-2H3,(H,13,14)/t8-/m0/s1. The zero-order chi connectivity index (χ0) is 10.7. The van der Waals surface area contributed by atoms with Crippen LogP contribution in [0.5, 0.6) is 0 Å². The fraction of sp³-hybridized carbons (Fsp3) is 0.400. The maximum Gasteiger partial charge on any atom is 0.186 e. The van der Waals surface area contributed by atoms with Crippen molar-refractivity contribution >= 4 is 0 Å². The predicted molar refractivity (Wildman–Crippen MR) is 53.7 cm³/mol. The summed E-state index contributed by atoms with van der Waals surface area (Å²) in [6.07, 6.45) is 0.160. The molecular weight excluding hydrogens is 178 g/mol. The zero-order valence-electron chi connectivity index (χ0n) is 8.29. The third-order valence-electron chi connectivity index (χ3n) is 2.08. The highest BCUT2D eigenvalue weighted by Crippen LogP contribution is 2.12. The van der Waals surface area contributed by atoms with E-state index in [1.165, 1.54) is 6.07 Å². The van der Waals surface area contributed by atoms with E-state index in [1.807, 2.05) is 13.0 Å². The first-order chi connectivity index (χ1) is 6.56. The molecule has 0 aliphatic heterocycles. The van der Waals surface area contributed by atoms with Crippen LogP contribution in [0.4, 0.5) is 0 Å². The summed E-state index contributed by atoms with van der Waals surface area (Å²) in [5.74, 6) is 0. The van der Waals surface area contributed by atoms with Gasteiger partial charge in [-0.25, -0.2) is 0 Å². The van der Waals surface area contributed by atoms with Crippen LogP contribution >= 0.6 is 0 Å². The molecule has 1 aromatic rings. The number of aromatic nitrogens is 1. The molecule has 0 aliphatic rings. The molecular formula is C10H13N3O. The van der Waals surface area contributed by atoms with E-state index in [9.17, 15) is 4.79 Å². The molecule has 1 rings (SSSR count). The van der Waals surface area contributed by atoms with E-state index in [0.29, 0.717) is 5.56 Å². The highest BCUT2D eigenvalue weighted by Gasteiger charge is 2.12. The van der Waals surface area contributed by atoms with Crippen LogP contribution in [0.25, 0.3) is 0 Å². The Morgan fingerprint density at radius 3 is 2.79 bits per heavy atom. The van der Waals surface area contributed by atoms with Crippen molar-refractivity contribution < 1.29 is 0 Å². The minimum Gasteiger partial charge on any atom is -0.362 e. The Morgan fingerprint density at radius 1 is 1.64 bits per heavy atom. The van der Waals surface area contributed by atoms with Gasteiger partial charge >= 0.3 is 0 Å². The molecule has 0 bridgehead atoms. The van der Waals surface area contributed by atoms with E-state index in [2.05, 4.69) is 4.98 Å². The molecule has 1 aromatic heterocycles. The van der Waals surface area contributed by atoms with Crippen LogP contribution in [0.15, 0.2) is 10.9 Å². The largest absolute Gasteiger partial charge is 0.362 e. The molecule has 74 valence electrons. The lowest BCUT2D eigenvalue weighted by molar-refractivity contribution is 0.727. The summed E-state index contributed by atoms with van der Waals surface area (Å²) in [5.41, 5.74) is 7.68. The van der Waals surface area contributed by atoms with Gasteiger partial charge in [0.1, 0.15) is 0 Å². The van der Waals surface area contributed by atoms with Gasteiger partial charge < -0.3 is 10.7 Å². The number of nitrogens with one attached hydrogen (secondary N) is 1. The summed E-state index contributed by atoms with van der Waals surface area (Å²) < 4.78 is 0. The Kier molecular flexibility index (Phi) is 3.05. The van der Waals surface area contributed by atoms with Gasteiger partial charge in [0.05, 0.1) is 12.5 Å². The number of hydrogen-bond acceptors (Lipinski definition) is 3. The van der Waals surface area contributed by atoms with Crippen LogP contribution in [0.2, 0.25) is 0 Å². The molecule has 0 saturated heterocycles. The van der Waals surface area contributed by atoms with Crippen LogP contribution in [-0.4, -0.2) is 4.98 Å². The Morgan fingerprint density at radius 2 is 2.29 bits per heavy atom. The molecule has 0 aliphatic carbocycles. The maximum atomic E-state index is 11.6. The number of nitriles is 1. The van der Waals surface area contributed by atoms with Crippen LogP contribution in [0.1, 0.15) is 29.4 Å². The number of aromatic amines is 1. The number of H-pyrrole nitrogens is 1. The molecule has 14 heavy (non-hydrogen) atoms. The quantitative estimate of drug-likeness (QED) is 0.728. The summed E-state index contributed by atoms with van der Waals surface area (Å²) in [6.45, 7) is 3.61. The number of pyridine rings is 1. The molecule has 0 fully saturated rings. The second-order valence-electron chi connectivity index (χ2n) is 3.32. The molecule has 1 atom stereocenters. The first-order valence-corrected chi connectivity index (χ1v) is 4.39. The van der Waals surface area contributed by atoms with Crippen molar-refractivity contribution in [3.63, 3.8) is 0 Å². The molecule has 0 saturated carbocycles. The van der Waals surface area contributed by atoms with Crippen molar-refractivity contribution in [2.45, 2.75) is 26.3 Å². The molecule has 0 radical (unpaired) electrons. The molecule has 0 aromatic carbocycles. The number of nitrogens with two attached hydrogens (primary N) is 1. The van der Waals surface area contributed by atoms with Gasteiger partial charge in [0.15, 0.2) is 5.43 Å². The predicted octanol–water partition coefficient (Wildman–Crippen LogP) is 0.905. The minimum atomic E-state index is -0.496. The fourth-order valence-corrected chi connectivity index (χ4v) is 1.52. The molecule has 1 heterocycles. The first kappa shape index (κ1) is 10.5. The van der Waals surface area contributed by atoms with E-state index >= 15 is 0 Å². The molecule has 4 heteroatoms. The summed E-state index contributed by atoms with van der Waals surface area (Å²) in [7, 11) is 0. The van der Waals surface area contributed by atoms with E-state index in [0.717, 1.165) is 11.4 Å². The van der Waals surface area contributed by atoms with Crippen LogP contribution in [0.3, 0.4) is 0 Å². The molecule has 0 amide bonds. The van der Waals surface area contributed by atoms with Gasteiger partial charge in [-0.05, 0) is 13.8 Å². The Labute approximate surface area is 82.4 Å². The second kappa shape index (κ2) is 4.07. The van der Waals surface area contributed by atoms with Crippen LogP contribution in [-0.2, 0) is 0 Å². The van der Waals surface area contributed by atoms with E-state index in [-0.39, 0.29) is 11.8 Å². The minimum absolute atomic E-state index is 0.0958. The summed E-state index contributed by atoms with van der Waals surface area (Å²) in [6, 6.07) is 2.96. The van der Waals surface area contributed by atoms with Gasteiger partial charge in [0.25, 0.3) is 0 Å². The van der Waals surface area contributed by atoms with Crippen molar-refractivity contribution in [3.05, 3.63) is 33.2 Å². The smallest absolute Gasteiger partial charge is 0.186 e.